The molecule has 0 aliphatic heterocycles. The van der Waals surface area contributed by atoms with E-state index >= 15 is 0 Å². The van der Waals surface area contributed by atoms with Gasteiger partial charge in [-0.05, 0) is 43.3 Å². The van der Waals surface area contributed by atoms with E-state index in [2.05, 4.69) is 20.7 Å². The Balaban J connectivity index is 1.88. The van der Waals surface area contributed by atoms with Crippen molar-refractivity contribution >= 4 is 11.6 Å². The van der Waals surface area contributed by atoms with Crippen molar-refractivity contribution in [2.75, 3.05) is 5.32 Å². The van der Waals surface area contributed by atoms with Gasteiger partial charge in [0, 0.05) is 11.1 Å². The Morgan fingerprint density at radius 2 is 1.87 bits per heavy atom. The van der Waals surface area contributed by atoms with Crippen LogP contribution < -0.4 is 5.32 Å². The molecular formula is C17H17N5O. The van der Waals surface area contributed by atoms with Gasteiger partial charge in [0.1, 0.15) is 0 Å². The Morgan fingerprint density at radius 3 is 2.57 bits per heavy atom. The van der Waals surface area contributed by atoms with Crippen LogP contribution in [0.15, 0.2) is 48.5 Å². The first-order chi connectivity index (χ1) is 11.2. The molecule has 0 radical (unpaired) electrons. The number of nitrogens with zero attached hydrogens (tertiary/aromatic N) is 4. The summed E-state index contributed by atoms with van der Waals surface area (Å²) in [5, 5.41) is 15.2. The van der Waals surface area contributed by atoms with Gasteiger partial charge in [0.05, 0.1) is 12.2 Å². The molecule has 6 nitrogen and oxygen atoms in total. The summed E-state index contributed by atoms with van der Waals surface area (Å²) < 4.78 is 0. The van der Waals surface area contributed by atoms with Crippen LogP contribution in [0.2, 0.25) is 0 Å². The van der Waals surface area contributed by atoms with E-state index in [9.17, 15) is 4.79 Å². The van der Waals surface area contributed by atoms with E-state index < -0.39 is 0 Å². The SMILES string of the molecule is CCn1nnc(-c2ccccc2NC(=O)c2ccc(C)cc2)n1. The molecule has 6 heteroatoms. The lowest BCUT2D eigenvalue weighted by Crippen LogP contribution is -2.12. The molecule has 2 aromatic carbocycles. The molecule has 0 saturated carbocycles. The minimum absolute atomic E-state index is 0.166. The molecule has 0 aliphatic rings. The number of hydrogen-bond acceptors (Lipinski definition) is 4. The van der Waals surface area contributed by atoms with Crippen molar-refractivity contribution < 1.29 is 4.79 Å². The highest BCUT2D eigenvalue weighted by Gasteiger charge is 2.13. The number of nitrogens with one attached hydrogen (secondary N) is 1. The Hall–Kier alpha value is -3.02. The maximum atomic E-state index is 12.4. The van der Waals surface area contributed by atoms with Crippen molar-refractivity contribution in [1.82, 2.24) is 20.2 Å². The number of tetrazole rings is 1. The molecule has 0 unspecified atom stereocenters. The molecule has 1 aromatic heterocycles. The maximum Gasteiger partial charge on any atom is 0.255 e. The number of rotatable bonds is 4. The average molecular weight is 307 g/mol. The van der Waals surface area contributed by atoms with Crippen LogP contribution >= 0.6 is 0 Å². The average Bonchev–Trinajstić information content (AvgIpc) is 3.05. The molecular weight excluding hydrogens is 290 g/mol. The van der Waals surface area contributed by atoms with Crippen LogP contribution in [0.4, 0.5) is 5.69 Å². The number of aryl methyl sites for hydroxylation is 2. The lowest BCUT2D eigenvalue weighted by Gasteiger charge is -2.09. The smallest absolute Gasteiger partial charge is 0.255 e. The van der Waals surface area contributed by atoms with E-state index in [1.165, 1.54) is 4.80 Å². The van der Waals surface area contributed by atoms with Crippen molar-refractivity contribution in [3.8, 4) is 11.4 Å². The summed E-state index contributed by atoms with van der Waals surface area (Å²) in [6, 6.07) is 14.9. The van der Waals surface area contributed by atoms with Crippen LogP contribution in [0.5, 0.6) is 0 Å². The molecule has 0 atom stereocenters. The molecule has 3 rings (SSSR count). The van der Waals surface area contributed by atoms with Crippen LogP contribution in [-0.2, 0) is 6.54 Å². The Morgan fingerprint density at radius 1 is 1.13 bits per heavy atom. The summed E-state index contributed by atoms with van der Waals surface area (Å²) in [4.78, 5) is 13.9. The van der Waals surface area contributed by atoms with Crippen LogP contribution in [0.1, 0.15) is 22.8 Å². The van der Waals surface area contributed by atoms with Gasteiger partial charge in [0.2, 0.25) is 5.82 Å². The molecule has 0 fully saturated rings. The predicted molar refractivity (Wildman–Crippen MR) is 88.1 cm³/mol. The topological polar surface area (TPSA) is 72.7 Å². The van der Waals surface area contributed by atoms with Gasteiger partial charge < -0.3 is 5.32 Å². The molecule has 0 bridgehead atoms. The second kappa shape index (κ2) is 6.39. The van der Waals surface area contributed by atoms with Gasteiger partial charge in [-0.25, -0.2) is 0 Å². The van der Waals surface area contributed by atoms with E-state index in [1.54, 1.807) is 12.1 Å². The fourth-order valence-electron chi connectivity index (χ4n) is 2.17. The van der Waals surface area contributed by atoms with Gasteiger partial charge in [-0.1, -0.05) is 29.8 Å². The summed E-state index contributed by atoms with van der Waals surface area (Å²) in [6.45, 7) is 4.57. The molecule has 116 valence electrons. The van der Waals surface area contributed by atoms with Crippen molar-refractivity contribution in [2.24, 2.45) is 0 Å². The van der Waals surface area contributed by atoms with Crippen LogP contribution in [0, 0.1) is 6.92 Å². The molecule has 0 saturated heterocycles. The zero-order chi connectivity index (χ0) is 16.2. The van der Waals surface area contributed by atoms with Crippen molar-refractivity contribution in [2.45, 2.75) is 20.4 Å². The van der Waals surface area contributed by atoms with Gasteiger partial charge in [0.15, 0.2) is 0 Å². The number of benzene rings is 2. The minimum Gasteiger partial charge on any atom is -0.321 e. The number of anilines is 1. The Kier molecular flexibility index (Phi) is 4.14. The van der Waals surface area contributed by atoms with E-state index in [1.807, 2.05) is 50.2 Å². The monoisotopic (exact) mass is 307 g/mol. The number of carbonyl (C=O) groups is 1. The summed E-state index contributed by atoms with van der Waals surface area (Å²) in [7, 11) is 0. The van der Waals surface area contributed by atoms with Gasteiger partial charge >= 0.3 is 0 Å². The summed E-state index contributed by atoms with van der Waals surface area (Å²) in [6.07, 6.45) is 0. The van der Waals surface area contributed by atoms with Gasteiger partial charge in [-0.3, -0.25) is 4.79 Å². The van der Waals surface area contributed by atoms with Gasteiger partial charge in [0.25, 0.3) is 5.91 Å². The first kappa shape index (κ1) is 14.9. The van der Waals surface area contributed by atoms with Crippen molar-refractivity contribution in [3.63, 3.8) is 0 Å². The third-order valence-electron chi connectivity index (χ3n) is 3.47. The zero-order valence-electron chi connectivity index (χ0n) is 13.0. The fraction of sp³-hybridized carbons (Fsp3) is 0.176. The zero-order valence-corrected chi connectivity index (χ0v) is 13.0. The van der Waals surface area contributed by atoms with E-state index in [0.29, 0.717) is 23.6 Å². The third kappa shape index (κ3) is 3.26. The molecule has 0 aliphatic carbocycles. The van der Waals surface area contributed by atoms with Gasteiger partial charge in [-0.2, -0.15) is 4.80 Å². The molecule has 1 heterocycles. The standard InChI is InChI=1S/C17H17N5O/c1-3-22-20-16(19-21-22)14-6-4-5-7-15(14)18-17(23)13-10-8-12(2)9-11-13/h4-11H,3H2,1-2H3,(H,18,23). The van der Waals surface area contributed by atoms with Crippen LogP contribution in [-0.4, -0.2) is 26.1 Å². The first-order valence-electron chi connectivity index (χ1n) is 7.42. The van der Waals surface area contributed by atoms with E-state index in [4.69, 9.17) is 0 Å². The maximum absolute atomic E-state index is 12.4. The van der Waals surface area contributed by atoms with E-state index in [-0.39, 0.29) is 5.91 Å². The molecule has 1 amide bonds. The quantitative estimate of drug-likeness (QED) is 0.804. The summed E-state index contributed by atoms with van der Waals surface area (Å²) in [5.74, 6) is 0.326. The summed E-state index contributed by atoms with van der Waals surface area (Å²) >= 11 is 0. The highest BCUT2D eigenvalue weighted by atomic mass is 16.1. The predicted octanol–water partition coefficient (Wildman–Crippen LogP) is 2.92. The van der Waals surface area contributed by atoms with Crippen molar-refractivity contribution in [3.05, 3.63) is 59.7 Å². The second-order valence-corrected chi connectivity index (χ2v) is 5.17. The molecule has 23 heavy (non-hydrogen) atoms. The number of carbonyl (C=O) groups excluding carboxylic acids is 1. The van der Waals surface area contributed by atoms with Gasteiger partial charge in [-0.15, -0.1) is 10.2 Å². The van der Waals surface area contributed by atoms with Crippen LogP contribution in [0.3, 0.4) is 0 Å². The highest BCUT2D eigenvalue weighted by Crippen LogP contribution is 2.24. The first-order valence-corrected chi connectivity index (χ1v) is 7.42. The van der Waals surface area contributed by atoms with Crippen LogP contribution in [0.25, 0.3) is 11.4 Å². The Labute approximate surface area is 134 Å². The lowest BCUT2D eigenvalue weighted by atomic mass is 10.1. The summed E-state index contributed by atoms with van der Waals surface area (Å²) in [5.41, 5.74) is 3.12. The Bertz CT molecular complexity index is 823. The molecule has 0 spiro atoms. The number of amides is 1. The number of aromatic nitrogens is 4. The normalized spacial score (nSPS) is 10.5. The molecule has 1 N–H and O–H groups in total. The minimum atomic E-state index is -0.166. The fourth-order valence-corrected chi connectivity index (χ4v) is 2.17. The number of para-hydroxylation sites is 1. The largest absolute Gasteiger partial charge is 0.321 e. The molecule has 3 aromatic rings. The third-order valence-corrected chi connectivity index (χ3v) is 3.47. The van der Waals surface area contributed by atoms with E-state index in [0.717, 1.165) is 11.1 Å². The second-order valence-electron chi connectivity index (χ2n) is 5.17. The lowest BCUT2D eigenvalue weighted by molar-refractivity contribution is 0.102. The van der Waals surface area contributed by atoms with Crippen molar-refractivity contribution in [1.29, 1.82) is 0 Å². The highest BCUT2D eigenvalue weighted by molar-refractivity contribution is 6.06. The number of hydrogen-bond donors (Lipinski definition) is 1.